The number of esters is 1. The van der Waals surface area contributed by atoms with E-state index in [1.807, 2.05) is 13.8 Å². The van der Waals surface area contributed by atoms with E-state index in [9.17, 15) is 14.4 Å². The molecule has 3 aromatic rings. The fourth-order valence-electron chi connectivity index (χ4n) is 3.00. The Morgan fingerprint density at radius 2 is 2.07 bits per heavy atom. The molecule has 144 valence electrons. The van der Waals surface area contributed by atoms with Crippen molar-refractivity contribution in [3.8, 4) is 0 Å². The molecule has 0 radical (unpaired) electrons. The highest BCUT2D eigenvalue weighted by molar-refractivity contribution is 5.90. The molecule has 0 atom stereocenters. The lowest BCUT2D eigenvalue weighted by Gasteiger charge is -2.07. The second-order valence-electron chi connectivity index (χ2n) is 6.18. The fourth-order valence-corrected chi connectivity index (χ4v) is 3.00. The number of unbranched alkanes of at least 4 members (excludes halogenated alkanes) is 1. The van der Waals surface area contributed by atoms with Gasteiger partial charge < -0.3 is 13.7 Å². The number of ether oxygens (including phenoxy) is 1. The first-order chi connectivity index (χ1) is 13.0. The van der Waals surface area contributed by atoms with E-state index in [1.165, 1.54) is 16.9 Å². The van der Waals surface area contributed by atoms with Gasteiger partial charge in [0, 0.05) is 13.1 Å². The van der Waals surface area contributed by atoms with Crippen molar-refractivity contribution in [1.29, 1.82) is 0 Å². The van der Waals surface area contributed by atoms with Crippen molar-refractivity contribution >= 4 is 17.1 Å². The van der Waals surface area contributed by atoms with E-state index < -0.39 is 17.2 Å². The van der Waals surface area contributed by atoms with Crippen LogP contribution in [0.1, 0.15) is 48.6 Å². The summed E-state index contributed by atoms with van der Waals surface area (Å²) >= 11 is 0. The molecule has 0 aliphatic rings. The summed E-state index contributed by atoms with van der Waals surface area (Å²) in [5.74, 6) is 0.338. The molecule has 0 bridgehead atoms. The SMILES string of the molecule is CCCCn1c(=O)[nH]c(=O)c2c1nc(COC(=O)c1ccoc1C)n2CC. The normalized spacial score (nSPS) is 11.2. The van der Waals surface area contributed by atoms with Gasteiger partial charge in [-0.1, -0.05) is 13.3 Å². The second-order valence-corrected chi connectivity index (χ2v) is 6.18. The first-order valence-electron chi connectivity index (χ1n) is 8.91. The lowest BCUT2D eigenvalue weighted by molar-refractivity contribution is 0.0456. The lowest BCUT2D eigenvalue weighted by atomic mass is 10.3. The smallest absolute Gasteiger partial charge is 0.342 e. The number of furan rings is 1. The quantitative estimate of drug-likeness (QED) is 0.633. The van der Waals surface area contributed by atoms with Crippen molar-refractivity contribution in [1.82, 2.24) is 19.1 Å². The van der Waals surface area contributed by atoms with E-state index in [2.05, 4.69) is 9.97 Å². The number of nitrogens with one attached hydrogen (secondary N) is 1. The fraction of sp³-hybridized carbons (Fsp3) is 0.444. The molecule has 0 fully saturated rings. The molecule has 27 heavy (non-hydrogen) atoms. The molecule has 0 amide bonds. The summed E-state index contributed by atoms with van der Waals surface area (Å²) in [5, 5.41) is 0. The maximum Gasteiger partial charge on any atom is 0.342 e. The van der Waals surface area contributed by atoms with Gasteiger partial charge in [-0.25, -0.2) is 14.6 Å². The maximum atomic E-state index is 12.3. The summed E-state index contributed by atoms with van der Waals surface area (Å²) in [6, 6.07) is 1.54. The third kappa shape index (κ3) is 3.44. The molecule has 0 aliphatic heterocycles. The van der Waals surface area contributed by atoms with E-state index in [0.29, 0.717) is 41.4 Å². The molecular weight excluding hydrogens is 352 g/mol. The minimum atomic E-state index is -0.534. The molecule has 0 spiro atoms. The Morgan fingerprint density at radius 1 is 1.30 bits per heavy atom. The number of carbonyl (C=O) groups is 1. The zero-order chi connectivity index (χ0) is 19.6. The Kier molecular flexibility index (Phi) is 5.29. The van der Waals surface area contributed by atoms with E-state index in [0.717, 1.165) is 12.8 Å². The number of fused-ring (bicyclic) bond motifs is 1. The summed E-state index contributed by atoms with van der Waals surface area (Å²) < 4.78 is 13.6. The molecule has 1 N–H and O–H groups in total. The third-order valence-corrected chi connectivity index (χ3v) is 4.43. The number of aryl methyl sites for hydroxylation is 3. The molecule has 9 nitrogen and oxygen atoms in total. The van der Waals surface area contributed by atoms with Gasteiger partial charge in [0.1, 0.15) is 23.8 Å². The molecule has 0 aliphatic carbocycles. The molecule has 3 rings (SSSR count). The maximum absolute atomic E-state index is 12.3. The van der Waals surface area contributed by atoms with Crippen molar-refractivity contribution in [2.24, 2.45) is 0 Å². The van der Waals surface area contributed by atoms with Crippen LogP contribution >= 0.6 is 0 Å². The summed E-state index contributed by atoms with van der Waals surface area (Å²) in [6.45, 7) is 6.33. The number of nitrogens with zero attached hydrogens (tertiary/aromatic N) is 3. The summed E-state index contributed by atoms with van der Waals surface area (Å²) in [4.78, 5) is 43.5. The van der Waals surface area contributed by atoms with Crippen LogP contribution in [0.4, 0.5) is 0 Å². The Hall–Kier alpha value is -3.10. The number of imidazole rings is 1. The number of rotatable bonds is 7. The van der Waals surface area contributed by atoms with Crippen LogP contribution in [0.5, 0.6) is 0 Å². The van der Waals surface area contributed by atoms with Crippen molar-refractivity contribution in [2.75, 3.05) is 0 Å². The summed E-state index contributed by atoms with van der Waals surface area (Å²) in [6.07, 6.45) is 3.10. The van der Waals surface area contributed by atoms with Crippen LogP contribution < -0.4 is 11.2 Å². The van der Waals surface area contributed by atoms with Gasteiger partial charge in [0.2, 0.25) is 0 Å². The Bertz CT molecular complexity index is 1090. The number of aromatic nitrogens is 4. The van der Waals surface area contributed by atoms with Gasteiger partial charge in [-0.2, -0.15) is 0 Å². The zero-order valence-corrected chi connectivity index (χ0v) is 15.6. The zero-order valence-electron chi connectivity index (χ0n) is 15.6. The Labute approximate surface area is 154 Å². The van der Waals surface area contributed by atoms with Crippen molar-refractivity contribution in [3.05, 3.63) is 50.3 Å². The minimum Gasteiger partial charge on any atom is -0.469 e. The van der Waals surface area contributed by atoms with Crippen LogP contribution in [0.25, 0.3) is 11.2 Å². The molecule has 3 heterocycles. The molecular formula is C18H22N4O5. The second kappa shape index (κ2) is 7.65. The van der Waals surface area contributed by atoms with E-state index >= 15 is 0 Å². The average Bonchev–Trinajstić information content (AvgIpc) is 3.23. The first-order valence-corrected chi connectivity index (χ1v) is 8.91. The van der Waals surface area contributed by atoms with Crippen LogP contribution in [0.2, 0.25) is 0 Å². The highest BCUT2D eigenvalue weighted by Gasteiger charge is 2.20. The third-order valence-electron chi connectivity index (χ3n) is 4.43. The van der Waals surface area contributed by atoms with Gasteiger partial charge in [-0.3, -0.25) is 14.3 Å². The molecule has 3 aromatic heterocycles. The standard InChI is InChI=1S/C18H22N4O5/c1-4-6-8-22-15-14(16(23)20-18(22)25)21(5-2)13(19-15)10-27-17(24)12-7-9-26-11(12)3/h7,9H,4-6,8,10H2,1-3H3,(H,20,23,25). The number of aromatic amines is 1. The Morgan fingerprint density at radius 3 is 2.70 bits per heavy atom. The van der Waals surface area contributed by atoms with Crippen molar-refractivity contribution in [2.45, 2.75) is 53.3 Å². The monoisotopic (exact) mass is 374 g/mol. The average molecular weight is 374 g/mol. The number of carbonyl (C=O) groups excluding carboxylic acids is 1. The van der Waals surface area contributed by atoms with Crippen molar-refractivity contribution < 1.29 is 13.9 Å². The van der Waals surface area contributed by atoms with Crippen LogP contribution in [-0.4, -0.2) is 25.1 Å². The van der Waals surface area contributed by atoms with Gasteiger partial charge in [-0.05, 0) is 26.3 Å². The van der Waals surface area contributed by atoms with Gasteiger partial charge in [-0.15, -0.1) is 0 Å². The van der Waals surface area contributed by atoms with E-state index in [4.69, 9.17) is 9.15 Å². The van der Waals surface area contributed by atoms with Gasteiger partial charge >= 0.3 is 11.7 Å². The first kappa shape index (κ1) is 18.7. The summed E-state index contributed by atoms with van der Waals surface area (Å²) in [5.41, 5.74) is -0.0326. The van der Waals surface area contributed by atoms with Crippen LogP contribution in [0, 0.1) is 6.92 Å². The molecule has 0 saturated heterocycles. The molecule has 9 heteroatoms. The van der Waals surface area contributed by atoms with Crippen LogP contribution in [0.3, 0.4) is 0 Å². The van der Waals surface area contributed by atoms with E-state index in [1.54, 1.807) is 11.5 Å². The number of hydrogen-bond donors (Lipinski definition) is 1. The summed E-state index contributed by atoms with van der Waals surface area (Å²) in [7, 11) is 0. The number of H-pyrrole nitrogens is 1. The van der Waals surface area contributed by atoms with Gasteiger partial charge in [0.25, 0.3) is 5.56 Å². The molecule has 0 aromatic carbocycles. The van der Waals surface area contributed by atoms with E-state index in [-0.39, 0.29) is 6.61 Å². The predicted octanol–water partition coefficient (Wildman–Crippen LogP) is 1.96. The van der Waals surface area contributed by atoms with Gasteiger partial charge in [0.05, 0.1) is 6.26 Å². The van der Waals surface area contributed by atoms with Crippen LogP contribution in [-0.2, 0) is 24.4 Å². The minimum absolute atomic E-state index is 0.118. The van der Waals surface area contributed by atoms with Crippen LogP contribution in [0.15, 0.2) is 26.3 Å². The number of hydrogen-bond acceptors (Lipinski definition) is 6. The molecule has 0 saturated carbocycles. The predicted molar refractivity (Wildman–Crippen MR) is 97.8 cm³/mol. The van der Waals surface area contributed by atoms with Crippen molar-refractivity contribution in [3.63, 3.8) is 0 Å². The van der Waals surface area contributed by atoms with Gasteiger partial charge in [0.15, 0.2) is 11.2 Å². The lowest BCUT2D eigenvalue weighted by Crippen LogP contribution is -2.31. The highest BCUT2D eigenvalue weighted by Crippen LogP contribution is 2.15. The Balaban J connectivity index is 1.99. The highest BCUT2D eigenvalue weighted by atomic mass is 16.5. The topological polar surface area (TPSA) is 112 Å². The largest absolute Gasteiger partial charge is 0.469 e. The molecule has 0 unspecified atom stereocenters.